The molecular weight excluding hydrogens is 548 g/mol. The van der Waals surface area contributed by atoms with Gasteiger partial charge in [-0.3, -0.25) is 19.2 Å². The molecular formula is C35H38O8. The van der Waals surface area contributed by atoms with Crippen LogP contribution in [0.5, 0.6) is 5.75 Å². The topological polar surface area (TPSA) is 149 Å². The van der Waals surface area contributed by atoms with Crippen LogP contribution in [0, 0.1) is 29.6 Å². The Balaban J connectivity index is 1.60. The van der Waals surface area contributed by atoms with E-state index in [1.54, 1.807) is 19.9 Å². The van der Waals surface area contributed by atoms with Crippen LogP contribution in [-0.4, -0.2) is 49.2 Å². The highest BCUT2D eigenvalue weighted by Crippen LogP contribution is 2.55. The number of carbonyl (C=O) groups excluding carboxylic acids is 4. The van der Waals surface area contributed by atoms with Crippen molar-refractivity contribution in [1.82, 2.24) is 0 Å². The summed E-state index contributed by atoms with van der Waals surface area (Å²) in [5, 5.41) is 45.3. The van der Waals surface area contributed by atoms with Crippen molar-refractivity contribution in [3.05, 3.63) is 70.0 Å². The Kier molecular flexibility index (Phi) is 7.71. The van der Waals surface area contributed by atoms with Crippen LogP contribution in [0.3, 0.4) is 0 Å². The fourth-order valence-corrected chi connectivity index (χ4v) is 7.41. The molecule has 226 valence electrons. The fourth-order valence-electron chi connectivity index (χ4n) is 7.41. The molecule has 2 aromatic carbocycles. The molecule has 43 heavy (non-hydrogen) atoms. The fraction of sp³-hybridized carbons (Fsp3) is 0.429. The number of rotatable bonds is 7. The number of benzene rings is 2. The lowest BCUT2D eigenvalue weighted by Crippen LogP contribution is -2.61. The molecule has 8 heteroatoms. The highest BCUT2D eigenvalue weighted by Gasteiger charge is 2.63. The van der Waals surface area contributed by atoms with E-state index in [1.165, 1.54) is 6.07 Å². The summed E-state index contributed by atoms with van der Waals surface area (Å²) in [4.78, 5) is 52.2. The maximum absolute atomic E-state index is 14.1. The molecule has 0 amide bonds. The molecule has 8 nitrogen and oxygen atoms in total. The number of aliphatic hydroxyl groups excluding tert-OH is 2. The van der Waals surface area contributed by atoms with Gasteiger partial charge in [0.15, 0.2) is 17.2 Å². The molecule has 3 aliphatic rings. The average molecular weight is 587 g/mol. The lowest BCUT2D eigenvalue weighted by atomic mass is 9.54. The van der Waals surface area contributed by atoms with Gasteiger partial charge in [-0.15, -0.1) is 0 Å². The minimum Gasteiger partial charge on any atom is -0.508 e. The van der Waals surface area contributed by atoms with Gasteiger partial charge in [0, 0.05) is 30.3 Å². The Morgan fingerprint density at radius 3 is 2.21 bits per heavy atom. The number of allylic oxidation sites excluding steroid dienone is 1. The molecule has 3 aliphatic carbocycles. The zero-order chi connectivity index (χ0) is 31.5. The third-order valence-electron chi connectivity index (χ3n) is 9.26. The van der Waals surface area contributed by atoms with Crippen molar-refractivity contribution in [3.63, 3.8) is 0 Å². The quantitative estimate of drug-likeness (QED) is 0.322. The lowest BCUT2D eigenvalue weighted by Gasteiger charge is -2.50. The monoisotopic (exact) mass is 586 g/mol. The van der Waals surface area contributed by atoms with Gasteiger partial charge in [0.1, 0.15) is 28.6 Å². The first-order valence-corrected chi connectivity index (χ1v) is 14.8. The summed E-state index contributed by atoms with van der Waals surface area (Å²) in [6, 6.07) is 10.7. The molecule has 0 aromatic heterocycles. The first-order chi connectivity index (χ1) is 20.2. The summed E-state index contributed by atoms with van der Waals surface area (Å²) >= 11 is 0. The predicted molar refractivity (Wildman–Crippen MR) is 160 cm³/mol. The number of aliphatic hydroxyl groups is 3. The zero-order valence-electron chi connectivity index (χ0n) is 25.1. The van der Waals surface area contributed by atoms with Crippen LogP contribution < -0.4 is 0 Å². The molecule has 1 saturated carbocycles. The molecule has 0 heterocycles. The normalized spacial score (nSPS) is 25.2. The number of hydrogen-bond donors (Lipinski definition) is 4. The van der Waals surface area contributed by atoms with Crippen LogP contribution in [0.15, 0.2) is 53.3 Å². The van der Waals surface area contributed by atoms with Gasteiger partial charge < -0.3 is 20.4 Å². The van der Waals surface area contributed by atoms with Crippen LogP contribution in [0.2, 0.25) is 0 Å². The third kappa shape index (κ3) is 4.82. The van der Waals surface area contributed by atoms with E-state index >= 15 is 0 Å². The van der Waals surface area contributed by atoms with Crippen molar-refractivity contribution >= 4 is 28.9 Å². The van der Waals surface area contributed by atoms with E-state index in [0.717, 1.165) is 23.6 Å². The molecule has 0 radical (unpaired) electrons. The number of phenols is 1. The number of carbonyl (C=O) groups is 4. The Hall–Kier alpha value is -4.04. The maximum Gasteiger partial charge on any atom is 0.202 e. The molecule has 1 fully saturated rings. The molecule has 0 spiro atoms. The summed E-state index contributed by atoms with van der Waals surface area (Å²) in [6.07, 6.45) is 1.16. The zero-order valence-corrected chi connectivity index (χ0v) is 25.1. The van der Waals surface area contributed by atoms with Crippen molar-refractivity contribution in [2.24, 2.45) is 29.6 Å². The third-order valence-corrected chi connectivity index (χ3v) is 9.26. The van der Waals surface area contributed by atoms with Gasteiger partial charge in [0.2, 0.25) is 5.78 Å². The lowest BCUT2D eigenvalue weighted by molar-refractivity contribution is -0.155. The average Bonchev–Trinajstić information content (AvgIpc) is 2.90. The van der Waals surface area contributed by atoms with Gasteiger partial charge >= 0.3 is 0 Å². The predicted octanol–water partition coefficient (Wildman–Crippen LogP) is 5.23. The Morgan fingerprint density at radius 1 is 0.977 bits per heavy atom. The van der Waals surface area contributed by atoms with E-state index in [9.17, 15) is 39.6 Å². The minimum absolute atomic E-state index is 0.0675. The van der Waals surface area contributed by atoms with Gasteiger partial charge in [-0.2, -0.15) is 0 Å². The van der Waals surface area contributed by atoms with Gasteiger partial charge in [-0.05, 0) is 65.8 Å². The Bertz CT molecular complexity index is 1610. The van der Waals surface area contributed by atoms with Gasteiger partial charge in [-0.1, -0.05) is 58.0 Å². The number of aromatic hydroxyl groups is 1. The number of ketones is 4. The summed E-state index contributed by atoms with van der Waals surface area (Å²) < 4.78 is 0. The van der Waals surface area contributed by atoms with Gasteiger partial charge in [0.25, 0.3) is 0 Å². The number of fused-ring (bicyclic) bond motifs is 3. The van der Waals surface area contributed by atoms with Gasteiger partial charge in [0.05, 0.1) is 5.56 Å². The van der Waals surface area contributed by atoms with Crippen LogP contribution in [0.4, 0.5) is 0 Å². The van der Waals surface area contributed by atoms with Gasteiger partial charge in [-0.25, -0.2) is 0 Å². The van der Waals surface area contributed by atoms with Crippen molar-refractivity contribution in [3.8, 4) is 16.9 Å². The maximum atomic E-state index is 14.1. The second kappa shape index (κ2) is 10.9. The summed E-state index contributed by atoms with van der Waals surface area (Å²) in [7, 11) is 0. The first-order valence-electron chi connectivity index (χ1n) is 14.8. The molecule has 4 atom stereocenters. The smallest absolute Gasteiger partial charge is 0.202 e. The van der Waals surface area contributed by atoms with Crippen LogP contribution >= 0.6 is 0 Å². The van der Waals surface area contributed by atoms with Crippen LogP contribution in [-0.2, 0) is 32.0 Å². The van der Waals surface area contributed by atoms with E-state index in [1.807, 2.05) is 38.1 Å². The Morgan fingerprint density at radius 2 is 1.63 bits per heavy atom. The molecule has 2 aromatic rings. The largest absolute Gasteiger partial charge is 0.508 e. The molecule has 4 unspecified atom stereocenters. The molecule has 0 aliphatic heterocycles. The molecule has 0 saturated heterocycles. The van der Waals surface area contributed by atoms with Crippen molar-refractivity contribution < 1.29 is 39.6 Å². The number of phenolic OH excluding ortho intramolecular Hbond substituents is 1. The highest BCUT2D eigenvalue weighted by molar-refractivity contribution is 6.24. The summed E-state index contributed by atoms with van der Waals surface area (Å²) in [5.41, 5.74) is -0.192. The minimum atomic E-state index is -2.56. The standard InChI is InChI=1S/C35H38O8/c1-16(2)12-22(37)13-19-6-8-20(9-7-19)23-10-11-26(38)30-24(23)14-21-15-25-27(17(3)4)31(39)28(18(5)36)33(41)35(25,43)34(42)29(21)32(30)40/h6-11,16-17,21,25,27,38,40-41,43H,12-15H2,1-5H3. The van der Waals surface area contributed by atoms with Crippen molar-refractivity contribution in [2.75, 3.05) is 0 Å². The van der Waals surface area contributed by atoms with E-state index in [4.69, 9.17) is 0 Å². The molecule has 5 rings (SSSR count). The Labute approximate surface area is 250 Å². The van der Waals surface area contributed by atoms with E-state index < -0.39 is 57.8 Å². The van der Waals surface area contributed by atoms with Crippen LogP contribution in [0.25, 0.3) is 16.9 Å². The molecule has 0 bridgehead atoms. The van der Waals surface area contributed by atoms with Crippen molar-refractivity contribution in [2.45, 2.75) is 65.9 Å². The summed E-state index contributed by atoms with van der Waals surface area (Å²) in [6.45, 7) is 8.64. The van der Waals surface area contributed by atoms with E-state index in [-0.39, 0.29) is 47.3 Å². The number of Topliss-reactive ketones (excluding diaryl/α,β-unsaturated/α-hetero) is 4. The van der Waals surface area contributed by atoms with Crippen LogP contribution in [0.1, 0.15) is 64.2 Å². The first kappa shape index (κ1) is 30.4. The SMILES string of the molecule is CC(=O)C1=C(O)C2(O)C(=O)C3=C(O)c4c(O)ccc(-c5ccc(CC(=O)CC(C)C)cc5)c4CC3CC2C(C(C)C)C1=O. The number of hydrogen-bond acceptors (Lipinski definition) is 8. The van der Waals surface area contributed by atoms with Crippen molar-refractivity contribution in [1.29, 1.82) is 0 Å². The van der Waals surface area contributed by atoms with E-state index in [0.29, 0.717) is 18.4 Å². The second-order valence-electron chi connectivity index (χ2n) is 13.0. The molecule has 4 N–H and O–H groups in total. The van der Waals surface area contributed by atoms with E-state index in [2.05, 4.69) is 0 Å². The second-order valence-corrected chi connectivity index (χ2v) is 13.0. The summed E-state index contributed by atoms with van der Waals surface area (Å²) in [5.74, 6) is -6.45. The highest BCUT2D eigenvalue weighted by atomic mass is 16.3.